The van der Waals surface area contributed by atoms with Gasteiger partial charge in [0.05, 0.1) is 24.3 Å². The third kappa shape index (κ3) is 3.84. The molecule has 1 aliphatic rings. The van der Waals surface area contributed by atoms with E-state index in [1.165, 1.54) is 12.1 Å². The summed E-state index contributed by atoms with van der Waals surface area (Å²) in [6.45, 7) is 0.354. The number of benzene rings is 1. The molecule has 3 rings (SSSR count). The third-order valence-electron chi connectivity index (χ3n) is 3.87. The molecule has 2 heterocycles. The minimum Gasteiger partial charge on any atom is -0.465 e. The van der Waals surface area contributed by atoms with Gasteiger partial charge in [-0.25, -0.2) is 9.18 Å². The standard InChI is InChI=1S/C17H17FN2O3/c18-12-2-6-16-15(9-12)11(7-8-19-16)1-4-14-5-3-13(10-23-14)20-17(21)22/h1-2,4,6-9,13-14,20H,3,5,10H2,(H,21,22)/b4-1+/t13-,14-/m1/s1. The molecule has 1 saturated heterocycles. The predicted octanol–water partition coefficient (Wildman–Crippen LogP) is 3.20. The van der Waals surface area contributed by atoms with E-state index in [4.69, 9.17) is 9.84 Å². The van der Waals surface area contributed by atoms with Gasteiger partial charge in [-0.2, -0.15) is 0 Å². The number of hydrogen-bond acceptors (Lipinski definition) is 3. The van der Waals surface area contributed by atoms with Gasteiger partial charge < -0.3 is 15.2 Å². The number of carbonyl (C=O) groups is 1. The molecule has 1 amide bonds. The molecule has 23 heavy (non-hydrogen) atoms. The van der Waals surface area contributed by atoms with Gasteiger partial charge in [0, 0.05) is 11.6 Å². The number of pyridine rings is 1. The van der Waals surface area contributed by atoms with Crippen molar-refractivity contribution in [3.8, 4) is 0 Å². The number of halogens is 1. The molecule has 2 N–H and O–H groups in total. The van der Waals surface area contributed by atoms with Crippen molar-refractivity contribution in [2.24, 2.45) is 0 Å². The van der Waals surface area contributed by atoms with E-state index in [0.29, 0.717) is 6.61 Å². The van der Waals surface area contributed by atoms with E-state index in [1.54, 1.807) is 12.3 Å². The number of ether oxygens (including phenoxy) is 1. The molecular formula is C17H17FN2O3. The molecule has 1 aromatic carbocycles. The Morgan fingerprint density at radius 1 is 1.39 bits per heavy atom. The van der Waals surface area contributed by atoms with E-state index >= 15 is 0 Å². The summed E-state index contributed by atoms with van der Waals surface area (Å²) in [4.78, 5) is 14.8. The zero-order valence-electron chi connectivity index (χ0n) is 12.4. The van der Waals surface area contributed by atoms with Crippen LogP contribution in [0.3, 0.4) is 0 Å². The highest BCUT2D eigenvalue weighted by Crippen LogP contribution is 2.21. The molecule has 1 aliphatic heterocycles. The molecule has 1 fully saturated rings. The molecule has 0 unspecified atom stereocenters. The van der Waals surface area contributed by atoms with Crippen LogP contribution in [0.15, 0.2) is 36.5 Å². The van der Waals surface area contributed by atoms with Gasteiger partial charge in [0.2, 0.25) is 0 Å². The van der Waals surface area contributed by atoms with Crippen molar-refractivity contribution in [2.75, 3.05) is 6.61 Å². The number of nitrogens with zero attached hydrogens (tertiary/aromatic N) is 1. The minimum absolute atomic E-state index is 0.0707. The molecule has 2 aromatic rings. The van der Waals surface area contributed by atoms with Gasteiger partial charge in [0.15, 0.2) is 0 Å². The summed E-state index contributed by atoms with van der Waals surface area (Å²) in [6.07, 6.45) is 5.88. The topological polar surface area (TPSA) is 71.5 Å². The monoisotopic (exact) mass is 316 g/mol. The number of aromatic nitrogens is 1. The number of amides is 1. The zero-order valence-corrected chi connectivity index (χ0v) is 12.4. The Bertz CT molecular complexity index is 740. The first-order valence-corrected chi connectivity index (χ1v) is 7.45. The van der Waals surface area contributed by atoms with E-state index < -0.39 is 6.09 Å². The average Bonchev–Trinajstić information content (AvgIpc) is 2.53. The summed E-state index contributed by atoms with van der Waals surface area (Å²) in [6, 6.07) is 6.18. The van der Waals surface area contributed by atoms with Crippen molar-refractivity contribution in [2.45, 2.75) is 25.0 Å². The van der Waals surface area contributed by atoms with Crippen LogP contribution in [0.2, 0.25) is 0 Å². The Morgan fingerprint density at radius 2 is 2.26 bits per heavy atom. The molecule has 120 valence electrons. The molecule has 1 aromatic heterocycles. The molecule has 6 heteroatoms. The highest BCUT2D eigenvalue weighted by atomic mass is 19.1. The van der Waals surface area contributed by atoms with Crippen LogP contribution in [-0.4, -0.2) is 34.9 Å². The summed E-state index contributed by atoms with van der Waals surface area (Å²) in [5.74, 6) is -0.295. The van der Waals surface area contributed by atoms with Gasteiger partial charge in [0.25, 0.3) is 0 Å². The van der Waals surface area contributed by atoms with Gasteiger partial charge in [-0.05, 0) is 42.7 Å². The van der Waals surface area contributed by atoms with E-state index in [9.17, 15) is 9.18 Å². The molecule has 2 atom stereocenters. The number of rotatable bonds is 3. The summed E-state index contributed by atoms with van der Waals surface area (Å²) < 4.78 is 19.1. The maximum Gasteiger partial charge on any atom is 0.404 e. The number of nitrogens with one attached hydrogen (secondary N) is 1. The quantitative estimate of drug-likeness (QED) is 0.912. The Labute approximate surface area is 132 Å². The first kappa shape index (κ1) is 15.4. The summed E-state index contributed by atoms with van der Waals surface area (Å²) in [5.41, 5.74) is 1.62. The number of hydrogen-bond donors (Lipinski definition) is 2. The Hall–Kier alpha value is -2.47. The van der Waals surface area contributed by atoms with Crippen molar-refractivity contribution in [1.82, 2.24) is 10.3 Å². The van der Waals surface area contributed by atoms with Crippen molar-refractivity contribution >= 4 is 23.1 Å². The lowest BCUT2D eigenvalue weighted by molar-refractivity contribution is 0.0261. The van der Waals surface area contributed by atoms with Crippen LogP contribution in [0, 0.1) is 5.82 Å². The van der Waals surface area contributed by atoms with Crippen LogP contribution in [0.25, 0.3) is 17.0 Å². The highest BCUT2D eigenvalue weighted by molar-refractivity contribution is 5.87. The summed E-state index contributed by atoms with van der Waals surface area (Å²) >= 11 is 0. The second-order valence-corrected chi connectivity index (χ2v) is 5.52. The summed E-state index contributed by atoms with van der Waals surface area (Å²) in [7, 11) is 0. The van der Waals surface area contributed by atoms with Crippen LogP contribution in [-0.2, 0) is 4.74 Å². The SMILES string of the molecule is O=C(O)N[C@@H]1CC[C@@H](/C=C/c2ccnc3ccc(F)cc23)OC1. The van der Waals surface area contributed by atoms with Crippen molar-refractivity contribution < 1.29 is 19.0 Å². The molecule has 0 radical (unpaired) electrons. The molecule has 0 spiro atoms. The Balaban J connectivity index is 1.69. The van der Waals surface area contributed by atoms with E-state index in [1.807, 2.05) is 18.2 Å². The maximum atomic E-state index is 13.4. The second-order valence-electron chi connectivity index (χ2n) is 5.52. The fourth-order valence-electron chi connectivity index (χ4n) is 2.71. The van der Waals surface area contributed by atoms with Gasteiger partial charge in [0.1, 0.15) is 5.82 Å². The highest BCUT2D eigenvalue weighted by Gasteiger charge is 2.21. The van der Waals surface area contributed by atoms with Crippen LogP contribution in [0.4, 0.5) is 9.18 Å². The fourth-order valence-corrected chi connectivity index (χ4v) is 2.71. The fraction of sp³-hybridized carbons (Fsp3) is 0.294. The molecule has 0 bridgehead atoms. The molecular weight excluding hydrogens is 299 g/mol. The van der Waals surface area contributed by atoms with Crippen molar-refractivity contribution in [3.05, 3.63) is 47.9 Å². The minimum atomic E-state index is -1.03. The van der Waals surface area contributed by atoms with Crippen molar-refractivity contribution in [1.29, 1.82) is 0 Å². The zero-order chi connectivity index (χ0) is 16.2. The number of carboxylic acid groups (broad SMARTS) is 1. The van der Waals surface area contributed by atoms with E-state index in [2.05, 4.69) is 10.3 Å². The van der Waals surface area contributed by atoms with Crippen LogP contribution in [0.5, 0.6) is 0 Å². The lowest BCUT2D eigenvalue weighted by atomic mass is 10.0. The summed E-state index contributed by atoms with van der Waals surface area (Å²) in [5, 5.41) is 11.9. The lowest BCUT2D eigenvalue weighted by Gasteiger charge is -2.27. The van der Waals surface area contributed by atoms with E-state index in [-0.39, 0.29) is 18.0 Å². The van der Waals surface area contributed by atoms with Gasteiger partial charge in [-0.15, -0.1) is 0 Å². The van der Waals surface area contributed by atoms with Gasteiger partial charge in [-0.1, -0.05) is 12.2 Å². The largest absolute Gasteiger partial charge is 0.465 e. The van der Waals surface area contributed by atoms with E-state index in [0.717, 1.165) is 29.3 Å². The molecule has 0 saturated carbocycles. The second kappa shape index (κ2) is 6.75. The van der Waals surface area contributed by atoms with Gasteiger partial charge >= 0.3 is 6.09 Å². The smallest absolute Gasteiger partial charge is 0.404 e. The van der Waals surface area contributed by atoms with Crippen LogP contribution in [0.1, 0.15) is 18.4 Å². The van der Waals surface area contributed by atoms with Crippen LogP contribution >= 0.6 is 0 Å². The van der Waals surface area contributed by atoms with Crippen LogP contribution < -0.4 is 5.32 Å². The normalized spacial score (nSPS) is 21.6. The lowest BCUT2D eigenvalue weighted by Crippen LogP contribution is -2.41. The van der Waals surface area contributed by atoms with Gasteiger partial charge in [-0.3, -0.25) is 4.98 Å². The van der Waals surface area contributed by atoms with Crippen molar-refractivity contribution in [3.63, 3.8) is 0 Å². The Kier molecular flexibility index (Phi) is 4.52. The maximum absolute atomic E-state index is 13.4. The first-order chi connectivity index (χ1) is 11.1. The number of fused-ring (bicyclic) bond motifs is 1. The third-order valence-corrected chi connectivity index (χ3v) is 3.87. The average molecular weight is 316 g/mol. The molecule has 0 aliphatic carbocycles. The Morgan fingerprint density at radius 3 is 3.00 bits per heavy atom. The predicted molar refractivity (Wildman–Crippen MR) is 84.7 cm³/mol. The molecule has 5 nitrogen and oxygen atoms in total. The first-order valence-electron chi connectivity index (χ1n) is 7.45.